The van der Waals surface area contributed by atoms with Crippen molar-refractivity contribution < 1.29 is 9.53 Å². The average Bonchev–Trinajstić information content (AvgIpc) is 2.66. The molecule has 0 fully saturated rings. The predicted octanol–water partition coefficient (Wildman–Crippen LogP) is 3.77. The normalized spacial score (nSPS) is 35.3. The number of alkyl halides is 1. The highest BCUT2D eigenvalue weighted by Gasteiger charge is 2.32. The number of fused-ring (bicyclic) bond motifs is 1. The van der Waals surface area contributed by atoms with Crippen molar-refractivity contribution in [2.45, 2.75) is 44.6 Å². The van der Waals surface area contributed by atoms with E-state index in [1.807, 2.05) is 19.9 Å². The summed E-state index contributed by atoms with van der Waals surface area (Å²) in [6.45, 7) is 8.04. The van der Waals surface area contributed by atoms with Gasteiger partial charge in [-0.15, -0.1) is 11.6 Å². The van der Waals surface area contributed by atoms with Crippen LogP contribution in [-0.4, -0.2) is 17.5 Å². The first-order chi connectivity index (χ1) is 8.49. The van der Waals surface area contributed by atoms with Gasteiger partial charge < -0.3 is 4.74 Å². The van der Waals surface area contributed by atoms with Crippen LogP contribution in [0, 0.1) is 5.92 Å². The molecule has 0 amide bonds. The van der Waals surface area contributed by atoms with Crippen molar-refractivity contribution in [2.24, 2.45) is 5.92 Å². The van der Waals surface area contributed by atoms with E-state index in [0.29, 0.717) is 6.42 Å². The van der Waals surface area contributed by atoms with Crippen molar-refractivity contribution in [2.75, 3.05) is 0 Å². The van der Waals surface area contributed by atoms with Crippen LogP contribution in [0.25, 0.3) is 0 Å². The van der Waals surface area contributed by atoms with E-state index in [-0.39, 0.29) is 23.4 Å². The largest absolute Gasteiger partial charge is 0.454 e. The second-order valence-corrected chi connectivity index (χ2v) is 5.73. The van der Waals surface area contributed by atoms with Crippen LogP contribution in [0.2, 0.25) is 0 Å². The van der Waals surface area contributed by atoms with Gasteiger partial charge in [-0.3, -0.25) is 0 Å². The molecular weight excluding hydrogens is 248 g/mol. The second-order valence-electron chi connectivity index (χ2n) is 5.20. The Morgan fingerprint density at radius 3 is 2.94 bits per heavy atom. The highest BCUT2D eigenvalue weighted by Crippen LogP contribution is 2.32. The van der Waals surface area contributed by atoms with E-state index in [9.17, 15) is 4.79 Å². The molecule has 0 aromatic carbocycles. The summed E-state index contributed by atoms with van der Waals surface area (Å²) in [6, 6.07) is 0. The Balaban J connectivity index is 2.29. The fourth-order valence-electron chi connectivity index (χ4n) is 2.45. The molecule has 1 heterocycles. The molecule has 0 saturated heterocycles. The first-order valence-electron chi connectivity index (χ1n) is 6.37. The van der Waals surface area contributed by atoms with Crippen LogP contribution in [0.15, 0.2) is 35.5 Å². The summed E-state index contributed by atoms with van der Waals surface area (Å²) >= 11 is 6.31. The first kappa shape index (κ1) is 13.4. The standard InChI is InChI=1S/C15H19ClO2/c1-9(2)12-6-4-10(3)13(16)7-5-11-8-14(12)18-15(11)17/h4,8,12-14H,1,5-7H2,2-3H3/b10-4+/t12-,13+,14-/m0/s1. The fraction of sp³-hybridized carbons (Fsp3) is 0.533. The van der Waals surface area contributed by atoms with Gasteiger partial charge in [0.15, 0.2) is 0 Å². The fourth-order valence-corrected chi connectivity index (χ4v) is 2.65. The van der Waals surface area contributed by atoms with Gasteiger partial charge in [-0.2, -0.15) is 0 Å². The molecule has 2 bridgehead atoms. The van der Waals surface area contributed by atoms with E-state index >= 15 is 0 Å². The smallest absolute Gasteiger partial charge is 0.334 e. The molecule has 0 spiro atoms. The maximum Gasteiger partial charge on any atom is 0.334 e. The highest BCUT2D eigenvalue weighted by atomic mass is 35.5. The summed E-state index contributed by atoms with van der Waals surface area (Å²) in [5.74, 6) is -0.0296. The van der Waals surface area contributed by atoms with Crippen LogP contribution in [0.5, 0.6) is 0 Å². The molecule has 3 atom stereocenters. The summed E-state index contributed by atoms with van der Waals surface area (Å²) in [6.07, 6.45) is 6.27. The molecule has 2 rings (SSSR count). The van der Waals surface area contributed by atoms with Crippen LogP contribution in [0.3, 0.4) is 0 Å². The molecule has 1 aliphatic heterocycles. The summed E-state index contributed by atoms with van der Waals surface area (Å²) in [5.41, 5.74) is 2.99. The van der Waals surface area contributed by atoms with Crippen molar-refractivity contribution in [3.05, 3.63) is 35.5 Å². The van der Waals surface area contributed by atoms with Crippen molar-refractivity contribution in [1.29, 1.82) is 0 Å². The molecule has 3 heteroatoms. The van der Waals surface area contributed by atoms with Crippen molar-refractivity contribution in [3.8, 4) is 0 Å². The Morgan fingerprint density at radius 2 is 2.28 bits per heavy atom. The SMILES string of the molecule is C=C(C)[C@@H]1C/C=C(\C)[C@H](Cl)CCC2=C[C@@H]1OC2=O. The molecule has 2 nitrogen and oxygen atoms in total. The number of ether oxygens (including phenoxy) is 1. The molecule has 0 aromatic heterocycles. The lowest BCUT2D eigenvalue weighted by molar-refractivity contribution is -0.141. The molecule has 0 aromatic rings. The Bertz CT molecular complexity index is 434. The zero-order chi connectivity index (χ0) is 13.3. The molecular formula is C15H19ClO2. The predicted molar refractivity (Wildman–Crippen MR) is 73.5 cm³/mol. The van der Waals surface area contributed by atoms with Crippen molar-refractivity contribution in [3.63, 3.8) is 0 Å². The van der Waals surface area contributed by atoms with Crippen LogP contribution in [0.1, 0.15) is 33.1 Å². The van der Waals surface area contributed by atoms with Gasteiger partial charge in [0.2, 0.25) is 0 Å². The maximum absolute atomic E-state index is 11.8. The zero-order valence-electron chi connectivity index (χ0n) is 10.9. The number of esters is 1. The zero-order valence-corrected chi connectivity index (χ0v) is 11.7. The lowest BCUT2D eigenvalue weighted by Gasteiger charge is -2.21. The van der Waals surface area contributed by atoms with Crippen molar-refractivity contribution in [1.82, 2.24) is 0 Å². The maximum atomic E-state index is 11.8. The van der Waals surface area contributed by atoms with Gasteiger partial charge in [0.1, 0.15) is 6.10 Å². The molecule has 98 valence electrons. The minimum Gasteiger partial charge on any atom is -0.454 e. The number of halogens is 1. The highest BCUT2D eigenvalue weighted by molar-refractivity contribution is 6.22. The summed E-state index contributed by atoms with van der Waals surface area (Å²) in [5, 5.41) is 0.00150. The second kappa shape index (κ2) is 5.31. The van der Waals surface area contributed by atoms with E-state index in [1.54, 1.807) is 0 Å². The molecule has 0 N–H and O–H groups in total. The minimum atomic E-state index is -0.185. The Kier molecular flexibility index (Phi) is 3.96. The third-order valence-electron chi connectivity index (χ3n) is 3.76. The van der Waals surface area contributed by atoms with Gasteiger partial charge in [0.25, 0.3) is 0 Å². The van der Waals surface area contributed by atoms with Gasteiger partial charge in [0, 0.05) is 11.5 Å². The lowest BCUT2D eigenvalue weighted by Crippen LogP contribution is -2.21. The number of hydrogen-bond acceptors (Lipinski definition) is 2. The number of carbonyl (C=O) groups is 1. The minimum absolute atomic E-state index is 0.00150. The Hall–Kier alpha value is -1.02. The van der Waals surface area contributed by atoms with Gasteiger partial charge in [-0.05, 0) is 39.2 Å². The van der Waals surface area contributed by atoms with Gasteiger partial charge in [-0.25, -0.2) is 4.79 Å². The van der Waals surface area contributed by atoms with Crippen molar-refractivity contribution >= 4 is 17.6 Å². The number of rotatable bonds is 1. The van der Waals surface area contributed by atoms with E-state index in [4.69, 9.17) is 16.3 Å². The van der Waals surface area contributed by atoms with E-state index in [2.05, 4.69) is 12.7 Å². The Labute approximate surface area is 113 Å². The number of allylic oxidation sites excluding steroid dienone is 2. The van der Waals surface area contributed by atoms with E-state index in [0.717, 1.165) is 24.0 Å². The van der Waals surface area contributed by atoms with Crippen LogP contribution in [0.4, 0.5) is 0 Å². The van der Waals surface area contributed by atoms with Gasteiger partial charge >= 0.3 is 5.97 Å². The van der Waals surface area contributed by atoms with E-state index < -0.39 is 0 Å². The number of carbonyl (C=O) groups excluding carboxylic acids is 1. The van der Waals surface area contributed by atoms with Gasteiger partial charge in [0.05, 0.1) is 5.38 Å². The third kappa shape index (κ3) is 2.69. The van der Waals surface area contributed by atoms with Gasteiger partial charge in [-0.1, -0.05) is 23.8 Å². The topological polar surface area (TPSA) is 26.3 Å². The third-order valence-corrected chi connectivity index (χ3v) is 4.32. The average molecular weight is 267 g/mol. The molecule has 18 heavy (non-hydrogen) atoms. The summed E-state index contributed by atoms with van der Waals surface area (Å²) < 4.78 is 5.44. The quantitative estimate of drug-likeness (QED) is 0.410. The Morgan fingerprint density at radius 1 is 1.56 bits per heavy atom. The van der Waals surface area contributed by atoms with Crippen LogP contribution in [-0.2, 0) is 9.53 Å². The molecule has 0 unspecified atom stereocenters. The first-order valence-corrected chi connectivity index (χ1v) is 6.80. The monoisotopic (exact) mass is 266 g/mol. The molecule has 1 aliphatic carbocycles. The van der Waals surface area contributed by atoms with Crippen LogP contribution >= 0.6 is 11.6 Å². The van der Waals surface area contributed by atoms with Crippen LogP contribution < -0.4 is 0 Å². The van der Waals surface area contributed by atoms with E-state index in [1.165, 1.54) is 5.57 Å². The summed E-state index contributed by atoms with van der Waals surface area (Å²) in [4.78, 5) is 11.8. The molecule has 0 radical (unpaired) electrons. The molecule has 2 aliphatic rings. The molecule has 0 saturated carbocycles. The summed E-state index contributed by atoms with van der Waals surface area (Å²) in [7, 11) is 0. The lowest BCUT2D eigenvalue weighted by atomic mass is 9.89. The number of hydrogen-bond donors (Lipinski definition) is 0.